The number of nitrogens with one attached hydrogen (secondary N) is 2. The van der Waals surface area contributed by atoms with Gasteiger partial charge in [0.2, 0.25) is 5.91 Å². The Labute approximate surface area is 159 Å². The maximum atomic E-state index is 13.2. The highest BCUT2D eigenvalue weighted by molar-refractivity contribution is 6.36. The van der Waals surface area contributed by atoms with Gasteiger partial charge in [-0.15, -0.1) is 0 Å². The van der Waals surface area contributed by atoms with Crippen molar-refractivity contribution >= 4 is 29.0 Å². The Morgan fingerprint density at radius 2 is 2.08 bits per heavy atom. The first kappa shape index (κ1) is 19.1. The van der Waals surface area contributed by atoms with Crippen LogP contribution in [-0.2, 0) is 4.79 Å². The third-order valence-corrected chi connectivity index (χ3v) is 5.81. The summed E-state index contributed by atoms with van der Waals surface area (Å²) in [6.45, 7) is 3.40. The quantitative estimate of drug-likeness (QED) is 0.436. The second-order valence-electron chi connectivity index (χ2n) is 7.15. The molecular weight excluding hydrogens is 350 g/mol. The lowest BCUT2D eigenvalue weighted by molar-refractivity contribution is -0.122. The fourth-order valence-electron chi connectivity index (χ4n) is 4.19. The fourth-order valence-corrected chi connectivity index (χ4v) is 4.42. The molecule has 2 saturated heterocycles. The summed E-state index contributed by atoms with van der Waals surface area (Å²) >= 11 is 6.19. The summed E-state index contributed by atoms with van der Waals surface area (Å²) in [5, 5.41) is 11.9. The van der Waals surface area contributed by atoms with Crippen LogP contribution in [0.15, 0.2) is 24.3 Å². The topological polar surface area (TPSA) is 73.3 Å². The first-order chi connectivity index (χ1) is 12.5. The summed E-state index contributed by atoms with van der Waals surface area (Å²) in [5.41, 5.74) is 0.527. The molecule has 2 aliphatic heterocycles. The minimum Gasteiger partial charge on any atom is -0.355 e. The Morgan fingerprint density at radius 3 is 2.81 bits per heavy atom. The summed E-state index contributed by atoms with van der Waals surface area (Å²) in [7, 11) is 0. The number of Topliss-reactive ketones (excluding diaryl/α,β-unsaturated/α-hetero) is 1. The predicted octanol–water partition coefficient (Wildman–Crippen LogP) is 3.31. The second-order valence-corrected chi connectivity index (χ2v) is 7.56. The SMILES string of the molecule is CCCNC(=O)C(C(=N)C1CCC2CCCN21)C(=O)c1ccccc1Cl. The number of benzene rings is 1. The highest BCUT2D eigenvalue weighted by Crippen LogP contribution is 2.34. The van der Waals surface area contributed by atoms with Crippen LogP contribution < -0.4 is 5.32 Å². The van der Waals surface area contributed by atoms with Gasteiger partial charge in [0.15, 0.2) is 5.78 Å². The number of carbonyl (C=O) groups is 2. The number of ketones is 1. The monoisotopic (exact) mass is 375 g/mol. The lowest BCUT2D eigenvalue weighted by atomic mass is 9.87. The van der Waals surface area contributed by atoms with E-state index < -0.39 is 5.92 Å². The number of hydrogen-bond acceptors (Lipinski definition) is 4. The number of rotatable bonds is 7. The molecule has 0 radical (unpaired) electrons. The van der Waals surface area contributed by atoms with Crippen molar-refractivity contribution in [2.75, 3.05) is 13.1 Å². The molecule has 0 saturated carbocycles. The van der Waals surface area contributed by atoms with Gasteiger partial charge in [0.25, 0.3) is 0 Å². The van der Waals surface area contributed by atoms with Gasteiger partial charge < -0.3 is 10.7 Å². The van der Waals surface area contributed by atoms with Gasteiger partial charge in [-0.2, -0.15) is 0 Å². The van der Waals surface area contributed by atoms with Crippen LogP contribution in [0.25, 0.3) is 0 Å². The van der Waals surface area contributed by atoms with Crippen LogP contribution in [0.3, 0.4) is 0 Å². The van der Waals surface area contributed by atoms with E-state index in [-0.39, 0.29) is 23.4 Å². The molecule has 140 valence electrons. The molecule has 0 bridgehead atoms. The zero-order valence-electron chi connectivity index (χ0n) is 15.1. The second kappa shape index (κ2) is 8.31. The molecule has 2 heterocycles. The molecule has 3 atom stereocenters. The Hall–Kier alpha value is -1.72. The van der Waals surface area contributed by atoms with Gasteiger partial charge in [0, 0.05) is 29.9 Å². The van der Waals surface area contributed by atoms with Gasteiger partial charge in [-0.25, -0.2) is 0 Å². The van der Waals surface area contributed by atoms with Crippen molar-refractivity contribution in [2.24, 2.45) is 5.92 Å². The van der Waals surface area contributed by atoms with E-state index in [1.54, 1.807) is 24.3 Å². The normalized spacial score (nSPS) is 23.5. The van der Waals surface area contributed by atoms with Crippen LogP contribution in [0, 0.1) is 11.3 Å². The molecule has 26 heavy (non-hydrogen) atoms. The summed E-state index contributed by atoms with van der Waals surface area (Å²) in [6.07, 6.45) is 4.94. The van der Waals surface area contributed by atoms with Gasteiger partial charge in [-0.1, -0.05) is 30.7 Å². The summed E-state index contributed by atoms with van der Waals surface area (Å²) < 4.78 is 0. The van der Waals surface area contributed by atoms with E-state index in [9.17, 15) is 9.59 Å². The highest BCUT2D eigenvalue weighted by Gasteiger charge is 2.44. The molecule has 2 aliphatic rings. The van der Waals surface area contributed by atoms with E-state index in [1.165, 1.54) is 0 Å². The molecular formula is C20H26ClN3O2. The van der Waals surface area contributed by atoms with Crippen molar-refractivity contribution in [3.63, 3.8) is 0 Å². The van der Waals surface area contributed by atoms with Crippen LogP contribution >= 0.6 is 11.6 Å². The molecule has 3 unspecified atom stereocenters. The van der Waals surface area contributed by atoms with Gasteiger partial charge in [0.05, 0.1) is 5.02 Å². The van der Waals surface area contributed by atoms with E-state index in [0.29, 0.717) is 23.2 Å². The predicted molar refractivity (Wildman–Crippen MR) is 103 cm³/mol. The zero-order valence-corrected chi connectivity index (χ0v) is 15.9. The standard InChI is InChI=1S/C20H26ClN3O2/c1-2-11-23-20(26)17(19(25)14-7-3-4-8-15(14)21)18(22)16-10-9-13-6-5-12-24(13)16/h3-4,7-8,13,16-17,22H,2,5-6,9-12H2,1H3,(H,23,26). The van der Waals surface area contributed by atoms with Crippen molar-refractivity contribution in [3.05, 3.63) is 34.9 Å². The van der Waals surface area contributed by atoms with Gasteiger partial charge in [0.1, 0.15) is 5.92 Å². The van der Waals surface area contributed by atoms with Crippen molar-refractivity contribution in [1.29, 1.82) is 5.41 Å². The molecule has 1 aromatic carbocycles. The lowest BCUT2D eigenvalue weighted by Crippen LogP contribution is -2.48. The van der Waals surface area contributed by atoms with E-state index in [1.807, 2.05) is 6.92 Å². The average molecular weight is 376 g/mol. The summed E-state index contributed by atoms with van der Waals surface area (Å²) in [4.78, 5) is 28.2. The molecule has 0 spiro atoms. The van der Waals surface area contributed by atoms with Crippen LogP contribution in [0.2, 0.25) is 5.02 Å². The number of nitrogens with zero attached hydrogens (tertiary/aromatic N) is 1. The number of hydrogen-bond donors (Lipinski definition) is 2. The van der Waals surface area contributed by atoms with Gasteiger partial charge >= 0.3 is 0 Å². The van der Waals surface area contributed by atoms with Gasteiger partial charge in [-0.3, -0.25) is 14.5 Å². The molecule has 1 amide bonds. The molecule has 5 nitrogen and oxygen atoms in total. The van der Waals surface area contributed by atoms with Crippen LogP contribution in [0.5, 0.6) is 0 Å². The first-order valence-corrected chi connectivity index (χ1v) is 9.83. The molecule has 6 heteroatoms. The Bertz CT molecular complexity index is 706. The summed E-state index contributed by atoms with van der Waals surface area (Å²) in [6, 6.07) is 7.14. The molecule has 2 N–H and O–H groups in total. The third-order valence-electron chi connectivity index (χ3n) is 5.48. The Kier molecular flexibility index (Phi) is 6.09. The van der Waals surface area contributed by atoms with Gasteiger partial charge in [-0.05, 0) is 50.8 Å². The van der Waals surface area contributed by atoms with Crippen LogP contribution in [-0.4, -0.2) is 47.5 Å². The highest BCUT2D eigenvalue weighted by atomic mass is 35.5. The van der Waals surface area contributed by atoms with E-state index in [4.69, 9.17) is 17.0 Å². The Morgan fingerprint density at radius 1 is 1.31 bits per heavy atom. The molecule has 3 rings (SSSR count). The minimum atomic E-state index is -1.11. The van der Waals surface area contributed by atoms with Crippen molar-refractivity contribution in [2.45, 2.75) is 51.1 Å². The molecule has 0 aromatic heterocycles. The lowest BCUT2D eigenvalue weighted by Gasteiger charge is -2.28. The first-order valence-electron chi connectivity index (χ1n) is 9.45. The number of carbonyl (C=O) groups excluding carboxylic acids is 2. The Balaban J connectivity index is 1.88. The maximum absolute atomic E-state index is 13.2. The average Bonchev–Trinajstić information content (AvgIpc) is 3.23. The van der Waals surface area contributed by atoms with Crippen LogP contribution in [0.4, 0.5) is 0 Å². The maximum Gasteiger partial charge on any atom is 0.236 e. The fraction of sp³-hybridized carbons (Fsp3) is 0.550. The van der Waals surface area contributed by atoms with E-state index in [0.717, 1.165) is 38.6 Å². The zero-order chi connectivity index (χ0) is 18.7. The number of amides is 1. The van der Waals surface area contributed by atoms with Crippen LogP contribution in [0.1, 0.15) is 49.4 Å². The van der Waals surface area contributed by atoms with Crippen molar-refractivity contribution < 1.29 is 9.59 Å². The van der Waals surface area contributed by atoms with Crippen molar-refractivity contribution in [1.82, 2.24) is 10.2 Å². The third kappa shape index (κ3) is 3.69. The smallest absolute Gasteiger partial charge is 0.236 e. The minimum absolute atomic E-state index is 0.119. The van der Waals surface area contributed by atoms with E-state index in [2.05, 4.69) is 10.2 Å². The molecule has 2 fully saturated rings. The molecule has 1 aromatic rings. The van der Waals surface area contributed by atoms with Crippen molar-refractivity contribution in [3.8, 4) is 0 Å². The number of fused-ring (bicyclic) bond motifs is 1. The number of halogens is 1. The molecule has 0 aliphatic carbocycles. The summed E-state index contributed by atoms with van der Waals surface area (Å²) in [5.74, 6) is -1.87. The largest absolute Gasteiger partial charge is 0.355 e. The van der Waals surface area contributed by atoms with E-state index >= 15 is 0 Å².